The van der Waals surface area contributed by atoms with Gasteiger partial charge in [0, 0.05) is 38.0 Å². The maximum atomic E-state index is 13.6. The van der Waals surface area contributed by atoms with Gasteiger partial charge in [-0.05, 0) is 42.5 Å². The van der Waals surface area contributed by atoms with Crippen molar-refractivity contribution < 1.29 is 26.4 Å². The first-order valence-electron chi connectivity index (χ1n) is 11.1. The van der Waals surface area contributed by atoms with Crippen molar-refractivity contribution in [1.82, 2.24) is 9.88 Å². The van der Waals surface area contributed by atoms with Crippen molar-refractivity contribution in [3.63, 3.8) is 0 Å². The number of anilines is 1. The van der Waals surface area contributed by atoms with Crippen molar-refractivity contribution in [3.8, 4) is 0 Å². The number of thiazole rings is 1. The number of amides is 1. The van der Waals surface area contributed by atoms with Crippen LogP contribution < -0.4 is 4.90 Å². The number of sulfone groups is 2. The van der Waals surface area contributed by atoms with Gasteiger partial charge in [-0.1, -0.05) is 18.3 Å². The van der Waals surface area contributed by atoms with Crippen LogP contribution in [0.1, 0.15) is 17.3 Å². The molecule has 3 aromatic rings. The molecular weight excluding hydrogens is 546 g/mol. The van der Waals surface area contributed by atoms with E-state index in [4.69, 9.17) is 4.74 Å². The van der Waals surface area contributed by atoms with Gasteiger partial charge in [0.2, 0.25) is 0 Å². The highest BCUT2D eigenvalue weighted by atomic mass is 35.5. The molecule has 1 aromatic heterocycles. The standard InChI is InChI=1S/C23H27N3O6S3.ClH/c1-3-35(30,31)18-6-4-17(5-7-18)22(27)26(11-10-25-12-14-32-15-13-25)23-24-20-9-8-19(34(2,28)29)16-21(20)33-23;/h4-9,16H,3,10-15H2,1-2H3;1H. The normalized spacial score (nSPS) is 14.9. The summed E-state index contributed by atoms with van der Waals surface area (Å²) in [6.07, 6.45) is 1.15. The minimum absolute atomic E-state index is 0. The van der Waals surface area contributed by atoms with E-state index in [9.17, 15) is 21.6 Å². The van der Waals surface area contributed by atoms with Gasteiger partial charge in [0.25, 0.3) is 5.91 Å². The van der Waals surface area contributed by atoms with E-state index in [1.54, 1.807) is 24.0 Å². The van der Waals surface area contributed by atoms with Crippen LogP contribution >= 0.6 is 23.7 Å². The number of morpholine rings is 1. The number of rotatable bonds is 8. The Morgan fingerprint density at radius 1 is 1.06 bits per heavy atom. The molecule has 196 valence electrons. The predicted octanol–water partition coefficient (Wildman–Crippen LogP) is 2.89. The molecule has 0 N–H and O–H groups in total. The number of hydrogen-bond acceptors (Lipinski definition) is 9. The number of halogens is 1. The van der Waals surface area contributed by atoms with Crippen molar-refractivity contribution in [2.24, 2.45) is 0 Å². The van der Waals surface area contributed by atoms with Crippen LogP contribution in [0, 0.1) is 0 Å². The molecule has 1 amide bonds. The molecule has 13 heteroatoms. The zero-order valence-electron chi connectivity index (χ0n) is 19.9. The highest BCUT2D eigenvalue weighted by molar-refractivity contribution is 7.91. The van der Waals surface area contributed by atoms with Gasteiger partial charge in [0.15, 0.2) is 24.8 Å². The van der Waals surface area contributed by atoms with E-state index in [-0.39, 0.29) is 33.9 Å². The molecule has 1 aliphatic rings. The van der Waals surface area contributed by atoms with Gasteiger partial charge in [-0.3, -0.25) is 14.6 Å². The van der Waals surface area contributed by atoms with E-state index in [1.165, 1.54) is 41.7 Å². The van der Waals surface area contributed by atoms with Gasteiger partial charge < -0.3 is 4.74 Å². The van der Waals surface area contributed by atoms with E-state index < -0.39 is 19.7 Å². The summed E-state index contributed by atoms with van der Waals surface area (Å²) >= 11 is 1.25. The molecule has 0 atom stereocenters. The number of benzene rings is 2. The molecule has 1 saturated heterocycles. The molecule has 0 aliphatic carbocycles. The third-order valence-electron chi connectivity index (χ3n) is 5.84. The summed E-state index contributed by atoms with van der Waals surface area (Å²) in [5.41, 5.74) is 0.948. The Kier molecular flexibility index (Phi) is 9.12. The Morgan fingerprint density at radius 3 is 2.31 bits per heavy atom. The Balaban J connectivity index is 0.00000361. The van der Waals surface area contributed by atoms with Crippen molar-refractivity contribution in [2.45, 2.75) is 16.7 Å². The maximum Gasteiger partial charge on any atom is 0.260 e. The molecule has 36 heavy (non-hydrogen) atoms. The summed E-state index contributed by atoms with van der Waals surface area (Å²) in [5, 5.41) is 0.453. The first-order chi connectivity index (χ1) is 16.6. The second kappa shape index (κ2) is 11.5. The smallest absolute Gasteiger partial charge is 0.260 e. The van der Waals surface area contributed by atoms with Gasteiger partial charge in [0.05, 0.1) is 39.0 Å². The maximum absolute atomic E-state index is 13.6. The molecule has 2 aromatic carbocycles. The van der Waals surface area contributed by atoms with Crippen LogP contribution in [0.5, 0.6) is 0 Å². The summed E-state index contributed by atoms with van der Waals surface area (Å²) in [7, 11) is -6.75. The van der Waals surface area contributed by atoms with Crippen LogP contribution in [-0.2, 0) is 24.4 Å². The summed E-state index contributed by atoms with van der Waals surface area (Å²) in [6.45, 7) is 5.36. The number of carbonyl (C=O) groups is 1. The van der Waals surface area contributed by atoms with E-state index >= 15 is 0 Å². The number of aromatic nitrogens is 1. The molecular formula is C23H28ClN3O6S3. The Labute approximate surface area is 221 Å². The quantitative estimate of drug-likeness (QED) is 0.404. The molecule has 2 heterocycles. The number of fused-ring (bicyclic) bond motifs is 1. The fourth-order valence-electron chi connectivity index (χ4n) is 3.72. The van der Waals surface area contributed by atoms with Crippen LogP contribution in [0.2, 0.25) is 0 Å². The molecule has 0 spiro atoms. The lowest BCUT2D eigenvalue weighted by Crippen LogP contribution is -2.43. The van der Waals surface area contributed by atoms with Gasteiger partial charge in [-0.2, -0.15) is 0 Å². The number of ether oxygens (including phenoxy) is 1. The number of nitrogens with zero attached hydrogens (tertiary/aromatic N) is 3. The zero-order valence-corrected chi connectivity index (χ0v) is 23.2. The topological polar surface area (TPSA) is 114 Å². The third-order valence-corrected chi connectivity index (χ3v) is 9.74. The average molecular weight is 574 g/mol. The summed E-state index contributed by atoms with van der Waals surface area (Å²) in [5.74, 6) is -0.325. The Morgan fingerprint density at radius 2 is 1.69 bits per heavy atom. The first-order valence-corrected chi connectivity index (χ1v) is 15.5. The molecule has 1 fully saturated rings. The molecule has 0 saturated carbocycles. The second-order valence-electron chi connectivity index (χ2n) is 8.24. The largest absolute Gasteiger partial charge is 0.379 e. The lowest BCUT2D eigenvalue weighted by Gasteiger charge is -2.29. The molecule has 0 radical (unpaired) electrons. The average Bonchev–Trinajstić information content (AvgIpc) is 3.27. The molecule has 0 bridgehead atoms. The molecule has 9 nitrogen and oxygen atoms in total. The van der Waals surface area contributed by atoms with Crippen LogP contribution in [0.3, 0.4) is 0 Å². The Bertz CT molecular complexity index is 1430. The predicted molar refractivity (Wildman–Crippen MR) is 143 cm³/mol. The van der Waals surface area contributed by atoms with Crippen LogP contribution in [0.4, 0.5) is 5.13 Å². The van der Waals surface area contributed by atoms with Gasteiger partial charge in [-0.15, -0.1) is 12.4 Å². The SMILES string of the molecule is CCS(=O)(=O)c1ccc(C(=O)N(CCN2CCOCC2)c2nc3ccc(S(C)(=O)=O)cc3s2)cc1.Cl. The van der Waals surface area contributed by atoms with Gasteiger partial charge in [-0.25, -0.2) is 21.8 Å². The fraction of sp³-hybridized carbons (Fsp3) is 0.391. The van der Waals surface area contributed by atoms with Crippen LogP contribution in [0.25, 0.3) is 10.2 Å². The van der Waals surface area contributed by atoms with E-state index in [1.807, 2.05) is 0 Å². The number of carbonyl (C=O) groups excluding carboxylic acids is 1. The monoisotopic (exact) mass is 573 g/mol. The lowest BCUT2D eigenvalue weighted by molar-refractivity contribution is 0.0391. The minimum Gasteiger partial charge on any atom is -0.379 e. The van der Waals surface area contributed by atoms with E-state index in [2.05, 4.69) is 9.88 Å². The van der Waals surface area contributed by atoms with Crippen LogP contribution in [0.15, 0.2) is 52.3 Å². The van der Waals surface area contributed by atoms with Crippen molar-refractivity contribution in [3.05, 3.63) is 48.0 Å². The fourth-order valence-corrected chi connectivity index (χ4v) is 6.35. The van der Waals surface area contributed by atoms with Crippen molar-refractivity contribution in [1.29, 1.82) is 0 Å². The molecule has 4 rings (SSSR count). The summed E-state index contributed by atoms with van der Waals surface area (Å²) < 4.78 is 54.3. The van der Waals surface area contributed by atoms with Gasteiger partial charge in [0.1, 0.15) is 0 Å². The second-order valence-corrected chi connectivity index (χ2v) is 13.5. The minimum atomic E-state index is -3.38. The lowest BCUT2D eigenvalue weighted by atomic mass is 10.2. The van der Waals surface area contributed by atoms with Crippen molar-refractivity contribution in [2.75, 3.05) is 56.3 Å². The van der Waals surface area contributed by atoms with Crippen molar-refractivity contribution >= 4 is 64.7 Å². The molecule has 1 aliphatic heterocycles. The summed E-state index contributed by atoms with van der Waals surface area (Å²) in [6, 6.07) is 10.6. The van der Waals surface area contributed by atoms with Crippen LogP contribution in [-0.4, -0.2) is 84.0 Å². The first kappa shape index (κ1) is 28.5. The van der Waals surface area contributed by atoms with E-state index in [0.717, 1.165) is 19.3 Å². The number of hydrogen-bond donors (Lipinski definition) is 0. The zero-order chi connectivity index (χ0) is 25.2. The highest BCUT2D eigenvalue weighted by Gasteiger charge is 2.24. The third kappa shape index (κ3) is 6.42. The molecule has 0 unspecified atom stereocenters. The highest BCUT2D eigenvalue weighted by Crippen LogP contribution is 2.31. The summed E-state index contributed by atoms with van der Waals surface area (Å²) in [4.78, 5) is 22.3. The van der Waals surface area contributed by atoms with E-state index in [0.29, 0.717) is 47.2 Å². The Hall–Kier alpha value is -2.09. The van der Waals surface area contributed by atoms with Gasteiger partial charge >= 0.3 is 0 Å².